The Balaban J connectivity index is 1.89. The van der Waals surface area contributed by atoms with Crippen LogP contribution >= 0.6 is 11.3 Å². The molecular formula is C16H15F2NO3S2. The number of sulfone groups is 1. The normalized spacial score (nSPS) is 14.5. The van der Waals surface area contributed by atoms with Gasteiger partial charge in [-0.15, -0.1) is 11.3 Å². The molecule has 1 heterocycles. The van der Waals surface area contributed by atoms with Crippen molar-refractivity contribution in [2.45, 2.75) is 36.3 Å². The van der Waals surface area contributed by atoms with Gasteiger partial charge in [-0.05, 0) is 49.4 Å². The number of hydrogen-bond acceptors (Lipinski definition) is 4. The summed E-state index contributed by atoms with van der Waals surface area (Å²) in [6.45, 7) is 0. The number of nitrogens with one attached hydrogen (secondary N) is 1. The van der Waals surface area contributed by atoms with Gasteiger partial charge in [0.15, 0.2) is 0 Å². The second kappa shape index (κ2) is 6.60. The van der Waals surface area contributed by atoms with E-state index in [2.05, 4.69) is 5.32 Å². The van der Waals surface area contributed by atoms with Crippen LogP contribution in [0, 0.1) is 0 Å². The van der Waals surface area contributed by atoms with E-state index in [-0.39, 0.29) is 5.69 Å². The Morgan fingerprint density at radius 2 is 1.88 bits per heavy atom. The molecule has 1 aromatic heterocycles. The van der Waals surface area contributed by atoms with Crippen molar-refractivity contribution in [3.8, 4) is 0 Å². The van der Waals surface area contributed by atoms with E-state index in [1.165, 1.54) is 34.4 Å². The predicted molar refractivity (Wildman–Crippen MR) is 88.5 cm³/mol. The van der Waals surface area contributed by atoms with Crippen LogP contribution in [0.15, 0.2) is 35.2 Å². The van der Waals surface area contributed by atoms with Gasteiger partial charge in [0.25, 0.3) is 5.91 Å². The van der Waals surface area contributed by atoms with E-state index in [9.17, 15) is 22.0 Å². The molecule has 0 bridgehead atoms. The van der Waals surface area contributed by atoms with Gasteiger partial charge >= 0.3 is 5.76 Å². The molecule has 4 nitrogen and oxygen atoms in total. The van der Waals surface area contributed by atoms with Gasteiger partial charge in [-0.3, -0.25) is 4.79 Å². The minimum atomic E-state index is -4.78. The van der Waals surface area contributed by atoms with Gasteiger partial charge in [-0.25, -0.2) is 8.42 Å². The van der Waals surface area contributed by atoms with E-state index in [0.717, 1.165) is 37.3 Å². The van der Waals surface area contributed by atoms with Crippen LogP contribution in [0.25, 0.3) is 0 Å². The third kappa shape index (κ3) is 3.21. The number of para-hydroxylation sites is 1. The molecule has 1 aliphatic rings. The summed E-state index contributed by atoms with van der Waals surface area (Å²) in [4.78, 5) is 13.5. The largest absolute Gasteiger partial charge is 0.341 e. The van der Waals surface area contributed by atoms with Crippen molar-refractivity contribution in [1.82, 2.24) is 0 Å². The fourth-order valence-electron chi connectivity index (χ4n) is 2.70. The number of halogens is 2. The van der Waals surface area contributed by atoms with Crippen molar-refractivity contribution >= 4 is 32.8 Å². The highest BCUT2D eigenvalue weighted by molar-refractivity contribution is 7.91. The molecule has 0 unspecified atom stereocenters. The first kappa shape index (κ1) is 17.0. The Bertz CT molecular complexity index is 852. The van der Waals surface area contributed by atoms with E-state index < -0.39 is 26.4 Å². The Labute approximate surface area is 142 Å². The minimum Gasteiger partial charge on any atom is -0.320 e. The highest BCUT2D eigenvalue weighted by Crippen LogP contribution is 2.31. The molecule has 8 heteroatoms. The van der Waals surface area contributed by atoms with Gasteiger partial charge in [0, 0.05) is 4.88 Å². The first-order valence-corrected chi connectivity index (χ1v) is 9.80. The zero-order valence-corrected chi connectivity index (χ0v) is 14.2. The molecule has 1 aromatic carbocycles. The maximum absolute atomic E-state index is 12.8. The molecule has 1 aliphatic carbocycles. The lowest BCUT2D eigenvalue weighted by molar-refractivity contribution is 0.103. The summed E-state index contributed by atoms with van der Waals surface area (Å²) in [7, 11) is -4.78. The minimum absolute atomic E-state index is 0.130. The number of rotatable bonds is 4. The number of anilines is 1. The summed E-state index contributed by atoms with van der Waals surface area (Å²) in [6, 6.07) is 7.00. The number of thiophene rings is 1. The van der Waals surface area contributed by atoms with Crippen molar-refractivity contribution in [2.75, 3.05) is 5.32 Å². The molecule has 1 N–H and O–H groups in total. The summed E-state index contributed by atoms with van der Waals surface area (Å²) in [5.41, 5.74) is 1.01. The van der Waals surface area contributed by atoms with Crippen LogP contribution in [0.4, 0.5) is 14.5 Å². The summed E-state index contributed by atoms with van der Waals surface area (Å²) in [5, 5.41) is 2.46. The molecule has 128 valence electrons. The van der Waals surface area contributed by atoms with E-state index >= 15 is 0 Å². The van der Waals surface area contributed by atoms with Crippen LogP contribution in [0.2, 0.25) is 0 Å². The van der Waals surface area contributed by atoms with Gasteiger partial charge in [0.05, 0.1) is 15.5 Å². The standard InChI is InChI=1S/C16H15F2NO3S2/c17-16(18)24(21,22)14-8-4-2-6-11(14)19-15(20)13-9-10-5-1-3-7-12(10)23-13/h2,4,6,8-9,16H,1,3,5,7H2,(H,19,20). The fourth-order valence-corrected chi connectivity index (χ4v) is 4.74. The highest BCUT2D eigenvalue weighted by Gasteiger charge is 2.29. The van der Waals surface area contributed by atoms with Crippen LogP contribution in [-0.4, -0.2) is 20.1 Å². The van der Waals surface area contributed by atoms with E-state index in [0.29, 0.717) is 4.88 Å². The van der Waals surface area contributed by atoms with Crippen molar-refractivity contribution < 1.29 is 22.0 Å². The Hall–Kier alpha value is -1.80. The molecule has 0 saturated carbocycles. The topological polar surface area (TPSA) is 63.2 Å². The van der Waals surface area contributed by atoms with Crippen LogP contribution in [-0.2, 0) is 22.7 Å². The molecule has 2 aromatic rings. The third-order valence-corrected chi connectivity index (χ3v) is 6.57. The Kier molecular flexibility index (Phi) is 4.69. The number of carbonyl (C=O) groups excluding carboxylic acids is 1. The van der Waals surface area contributed by atoms with Gasteiger partial charge in [0.1, 0.15) is 0 Å². The smallest absolute Gasteiger partial charge is 0.320 e. The molecule has 3 rings (SSSR count). The number of alkyl halides is 2. The SMILES string of the molecule is O=C(Nc1ccccc1S(=O)(=O)C(F)F)c1cc2c(s1)CCCC2. The summed E-state index contributed by atoms with van der Waals surface area (Å²) < 4.78 is 49.1. The fraction of sp³-hybridized carbons (Fsp3) is 0.312. The maximum atomic E-state index is 12.8. The first-order valence-electron chi connectivity index (χ1n) is 7.43. The van der Waals surface area contributed by atoms with Gasteiger partial charge in [0.2, 0.25) is 9.84 Å². The van der Waals surface area contributed by atoms with E-state index in [1.54, 1.807) is 6.07 Å². The molecule has 1 amide bonds. The number of benzene rings is 1. The third-order valence-electron chi connectivity index (χ3n) is 3.90. The maximum Gasteiger partial charge on any atom is 0.341 e. The van der Waals surface area contributed by atoms with E-state index in [1.807, 2.05) is 0 Å². The summed E-state index contributed by atoms with van der Waals surface area (Å²) >= 11 is 1.37. The highest BCUT2D eigenvalue weighted by atomic mass is 32.2. The Morgan fingerprint density at radius 1 is 1.17 bits per heavy atom. The van der Waals surface area contributed by atoms with Crippen LogP contribution in [0.3, 0.4) is 0 Å². The average molecular weight is 371 g/mol. The lowest BCUT2D eigenvalue weighted by Gasteiger charge is -2.10. The lowest BCUT2D eigenvalue weighted by atomic mass is 9.99. The number of hydrogen-bond donors (Lipinski definition) is 1. The second-order valence-electron chi connectivity index (χ2n) is 5.52. The average Bonchev–Trinajstić information content (AvgIpc) is 2.99. The van der Waals surface area contributed by atoms with Crippen LogP contribution < -0.4 is 5.32 Å². The summed E-state index contributed by atoms with van der Waals surface area (Å²) in [5.74, 6) is -4.02. The molecule has 0 spiro atoms. The van der Waals surface area contributed by atoms with Crippen molar-refractivity contribution in [3.05, 3.63) is 45.6 Å². The summed E-state index contributed by atoms with van der Waals surface area (Å²) in [6.07, 6.45) is 4.03. The van der Waals surface area contributed by atoms with Crippen molar-refractivity contribution in [1.29, 1.82) is 0 Å². The quantitative estimate of drug-likeness (QED) is 0.887. The van der Waals surface area contributed by atoms with E-state index in [4.69, 9.17) is 0 Å². The molecule has 0 radical (unpaired) electrons. The molecule has 0 atom stereocenters. The van der Waals surface area contributed by atoms with Gasteiger partial charge < -0.3 is 5.32 Å². The number of amides is 1. The zero-order chi connectivity index (χ0) is 17.3. The number of fused-ring (bicyclic) bond motifs is 1. The molecule has 0 saturated heterocycles. The van der Waals surface area contributed by atoms with Gasteiger partial charge in [-0.2, -0.15) is 8.78 Å². The van der Waals surface area contributed by atoms with Crippen molar-refractivity contribution in [2.24, 2.45) is 0 Å². The van der Waals surface area contributed by atoms with Crippen molar-refractivity contribution in [3.63, 3.8) is 0 Å². The zero-order valence-electron chi connectivity index (χ0n) is 12.6. The van der Waals surface area contributed by atoms with Gasteiger partial charge in [-0.1, -0.05) is 12.1 Å². The second-order valence-corrected chi connectivity index (χ2v) is 8.55. The first-order chi connectivity index (χ1) is 11.4. The van der Waals surface area contributed by atoms with Crippen LogP contribution in [0.5, 0.6) is 0 Å². The molecule has 0 fully saturated rings. The molecule has 24 heavy (non-hydrogen) atoms. The Morgan fingerprint density at radius 3 is 2.58 bits per heavy atom. The molecule has 0 aliphatic heterocycles. The molecular weight excluding hydrogens is 356 g/mol. The number of carbonyl (C=O) groups is 1. The lowest BCUT2D eigenvalue weighted by Crippen LogP contribution is -2.17. The van der Waals surface area contributed by atoms with Crippen LogP contribution in [0.1, 0.15) is 33.0 Å². The monoisotopic (exact) mass is 371 g/mol. The number of aryl methyl sites for hydroxylation is 2. The predicted octanol–water partition coefficient (Wildman–Crippen LogP) is 3.88.